The van der Waals surface area contributed by atoms with E-state index in [4.69, 9.17) is 4.98 Å². The van der Waals surface area contributed by atoms with Crippen LogP contribution in [0.1, 0.15) is 0 Å². The molecule has 100 valence electrons. The minimum atomic E-state index is 0.912. The molecule has 3 nitrogen and oxygen atoms in total. The van der Waals surface area contributed by atoms with E-state index >= 15 is 0 Å². The van der Waals surface area contributed by atoms with Crippen LogP contribution in [0.5, 0.6) is 0 Å². The number of benzene rings is 1. The van der Waals surface area contributed by atoms with Crippen LogP contribution in [0.4, 0.5) is 5.00 Å². The van der Waals surface area contributed by atoms with Crippen LogP contribution in [0.3, 0.4) is 0 Å². The third-order valence-electron chi connectivity index (χ3n) is 2.94. The molecule has 0 atom stereocenters. The predicted octanol–water partition coefficient (Wildman–Crippen LogP) is 3.94. The molecule has 1 aromatic carbocycles. The Hall–Kier alpha value is -2.20. The zero-order valence-corrected chi connectivity index (χ0v) is 12.3. The van der Waals surface area contributed by atoms with E-state index in [1.54, 1.807) is 17.5 Å². The van der Waals surface area contributed by atoms with Crippen LogP contribution in [0.25, 0.3) is 22.0 Å². The Bertz CT molecular complexity index is 690. The first-order valence-electron chi connectivity index (χ1n) is 6.40. The monoisotopic (exact) mass is 281 g/mol. The summed E-state index contributed by atoms with van der Waals surface area (Å²) in [4.78, 5) is 11.3. The summed E-state index contributed by atoms with van der Waals surface area (Å²) >= 11 is 1.69. The van der Waals surface area contributed by atoms with Crippen LogP contribution in [0.15, 0.2) is 54.7 Å². The van der Waals surface area contributed by atoms with Crippen LogP contribution < -0.4 is 4.90 Å². The lowest BCUT2D eigenvalue weighted by atomic mass is 10.2. The smallest absolute Gasteiger partial charge is 0.126 e. The van der Waals surface area contributed by atoms with E-state index in [1.165, 1.54) is 0 Å². The molecule has 3 rings (SSSR count). The van der Waals surface area contributed by atoms with Crippen molar-refractivity contribution in [2.24, 2.45) is 0 Å². The van der Waals surface area contributed by atoms with E-state index in [1.807, 2.05) is 50.5 Å². The molecule has 0 amide bonds. The van der Waals surface area contributed by atoms with Crippen molar-refractivity contribution >= 4 is 16.3 Å². The number of pyridine rings is 1. The second-order valence-electron chi connectivity index (χ2n) is 4.65. The quantitative estimate of drug-likeness (QED) is 0.728. The maximum Gasteiger partial charge on any atom is 0.126 e. The molecule has 0 aliphatic heterocycles. The maximum atomic E-state index is 4.79. The van der Waals surface area contributed by atoms with E-state index in [-0.39, 0.29) is 0 Å². The summed E-state index contributed by atoms with van der Waals surface area (Å²) < 4.78 is 0. The summed E-state index contributed by atoms with van der Waals surface area (Å²) in [7, 11) is 4.07. The minimum absolute atomic E-state index is 0.912. The first kappa shape index (κ1) is 12.8. The average molecular weight is 281 g/mol. The van der Waals surface area contributed by atoms with Gasteiger partial charge in [-0.3, -0.25) is 4.98 Å². The minimum Gasteiger partial charge on any atom is -0.368 e. The topological polar surface area (TPSA) is 29.0 Å². The molecule has 0 N–H and O–H groups in total. The van der Waals surface area contributed by atoms with Gasteiger partial charge in [0, 0.05) is 25.9 Å². The fraction of sp³-hybridized carbons (Fsp3) is 0.125. The van der Waals surface area contributed by atoms with Gasteiger partial charge in [0.2, 0.25) is 0 Å². The van der Waals surface area contributed by atoms with Crippen molar-refractivity contribution in [1.82, 2.24) is 9.97 Å². The van der Waals surface area contributed by atoms with Gasteiger partial charge >= 0.3 is 0 Å². The molecule has 0 saturated heterocycles. The average Bonchev–Trinajstić information content (AvgIpc) is 2.94. The molecule has 2 heterocycles. The first-order valence-corrected chi connectivity index (χ1v) is 7.22. The highest BCUT2D eigenvalue weighted by Crippen LogP contribution is 2.38. The summed E-state index contributed by atoms with van der Waals surface area (Å²) in [6.45, 7) is 0. The van der Waals surface area contributed by atoms with Gasteiger partial charge in [0.05, 0.1) is 5.69 Å². The highest BCUT2D eigenvalue weighted by atomic mass is 32.1. The SMILES string of the molecule is CN(C)c1sc(-c2ccccc2)nc1-c1ccccn1. The molecular weight excluding hydrogens is 266 g/mol. The molecular formula is C16H15N3S. The number of hydrogen-bond acceptors (Lipinski definition) is 4. The standard InChI is InChI=1S/C16H15N3S/c1-19(2)16-14(13-10-6-7-11-17-13)18-15(20-16)12-8-4-3-5-9-12/h3-11H,1-2H3. The number of anilines is 1. The van der Waals surface area contributed by atoms with Gasteiger partial charge < -0.3 is 4.90 Å². The van der Waals surface area contributed by atoms with E-state index in [0.717, 1.165) is 27.0 Å². The molecule has 0 aliphatic rings. The largest absolute Gasteiger partial charge is 0.368 e. The lowest BCUT2D eigenvalue weighted by molar-refractivity contribution is 1.14. The second-order valence-corrected chi connectivity index (χ2v) is 5.63. The van der Waals surface area contributed by atoms with Crippen LogP contribution in [0.2, 0.25) is 0 Å². The molecule has 0 spiro atoms. The highest BCUT2D eigenvalue weighted by molar-refractivity contribution is 7.19. The number of nitrogens with zero attached hydrogens (tertiary/aromatic N) is 3. The van der Waals surface area contributed by atoms with E-state index in [2.05, 4.69) is 22.0 Å². The summed E-state index contributed by atoms with van der Waals surface area (Å²) in [5, 5.41) is 2.15. The van der Waals surface area contributed by atoms with Crippen molar-refractivity contribution < 1.29 is 0 Å². The van der Waals surface area contributed by atoms with Crippen molar-refractivity contribution in [1.29, 1.82) is 0 Å². The number of thiazole rings is 1. The van der Waals surface area contributed by atoms with Gasteiger partial charge in [0.15, 0.2) is 0 Å². The van der Waals surface area contributed by atoms with E-state index in [9.17, 15) is 0 Å². The van der Waals surface area contributed by atoms with Crippen molar-refractivity contribution in [3.8, 4) is 22.0 Å². The fourth-order valence-electron chi connectivity index (χ4n) is 1.99. The third-order valence-corrected chi connectivity index (χ3v) is 4.22. The lowest BCUT2D eigenvalue weighted by Gasteiger charge is -2.10. The number of rotatable bonds is 3. The van der Waals surface area contributed by atoms with Gasteiger partial charge in [0.1, 0.15) is 15.7 Å². The lowest BCUT2D eigenvalue weighted by Crippen LogP contribution is -2.08. The number of hydrogen-bond donors (Lipinski definition) is 0. The summed E-state index contributed by atoms with van der Waals surface area (Å²) in [6.07, 6.45) is 1.80. The van der Waals surface area contributed by atoms with Gasteiger partial charge in [-0.25, -0.2) is 4.98 Å². The molecule has 4 heteroatoms. The Morgan fingerprint density at radius 2 is 1.70 bits per heavy atom. The van der Waals surface area contributed by atoms with Gasteiger partial charge in [-0.05, 0) is 12.1 Å². The molecule has 2 aromatic heterocycles. The van der Waals surface area contributed by atoms with Gasteiger partial charge in [0.25, 0.3) is 0 Å². The predicted molar refractivity (Wildman–Crippen MR) is 85.1 cm³/mol. The second kappa shape index (κ2) is 5.43. The van der Waals surface area contributed by atoms with Gasteiger partial charge in [-0.1, -0.05) is 47.7 Å². The number of aromatic nitrogens is 2. The molecule has 0 unspecified atom stereocenters. The summed E-state index contributed by atoms with van der Waals surface area (Å²) in [5.41, 5.74) is 3.00. The molecule has 0 aliphatic carbocycles. The van der Waals surface area contributed by atoms with Crippen LogP contribution >= 0.6 is 11.3 Å². The van der Waals surface area contributed by atoms with Gasteiger partial charge in [-0.2, -0.15) is 0 Å². The summed E-state index contributed by atoms with van der Waals surface area (Å²) in [5.74, 6) is 0. The third kappa shape index (κ3) is 2.42. The molecule has 0 radical (unpaired) electrons. The highest BCUT2D eigenvalue weighted by Gasteiger charge is 2.16. The van der Waals surface area contributed by atoms with Gasteiger partial charge in [-0.15, -0.1) is 0 Å². The zero-order valence-electron chi connectivity index (χ0n) is 11.4. The first-order chi connectivity index (χ1) is 9.75. The Kier molecular flexibility index (Phi) is 3.48. The van der Waals surface area contributed by atoms with E-state index < -0.39 is 0 Å². The molecule has 20 heavy (non-hydrogen) atoms. The Morgan fingerprint density at radius 3 is 2.35 bits per heavy atom. The molecule has 0 bridgehead atoms. The molecule has 0 fully saturated rings. The van der Waals surface area contributed by atoms with Crippen molar-refractivity contribution in [3.63, 3.8) is 0 Å². The van der Waals surface area contributed by atoms with Crippen molar-refractivity contribution in [3.05, 3.63) is 54.7 Å². The Morgan fingerprint density at radius 1 is 0.950 bits per heavy atom. The van der Waals surface area contributed by atoms with Crippen LogP contribution in [-0.2, 0) is 0 Å². The van der Waals surface area contributed by atoms with Crippen molar-refractivity contribution in [2.75, 3.05) is 19.0 Å². The van der Waals surface area contributed by atoms with Crippen LogP contribution in [-0.4, -0.2) is 24.1 Å². The zero-order chi connectivity index (χ0) is 13.9. The summed E-state index contributed by atoms with van der Waals surface area (Å²) in [6, 6.07) is 16.2. The maximum absolute atomic E-state index is 4.79. The van der Waals surface area contributed by atoms with Crippen molar-refractivity contribution in [2.45, 2.75) is 0 Å². The normalized spacial score (nSPS) is 10.5. The van der Waals surface area contributed by atoms with E-state index in [0.29, 0.717) is 0 Å². The molecule has 0 saturated carbocycles. The molecule has 3 aromatic rings. The van der Waals surface area contributed by atoms with Crippen LogP contribution in [0, 0.1) is 0 Å². The Labute approximate surface area is 122 Å². The Balaban J connectivity index is 2.13. The fourth-order valence-corrected chi connectivity index (χ4v) is 2.99.